The number of amidine groups is 1. The minimum Gasteiger partial charge on any atom is -0.384 e. The van der Waals surface area contributed by atoms with E-state index in [1.807, 2.05) is 0 Å². The molecule has 1 aromatic heterocycles. The minimum atomic E-state index is -0.0113. The van der Waals surface area contributed by atoms with Crippen molar-refractivity contribution in [2.45, 2.75) is 12.8 Å². The summed E-state index contributed by atoms with van der Waals surface area (Å²) in [6.45, 7) is 1.96. The second-order valence-electron chi connectivity index (χ2n) is 3.60. The first-order chi connectivity index (χ1) is 7.20. The molecule has 4 nitrogen and oxygen atoms in total. The molecule has 2 rings (SSSR count). The predicted molar refractivity (Wildman–Crippen MR) is 61.7 cm³/mol. The van der Waals surface area contributed by atoms with Gasteiger partial charge in [0.15, 0.2) is 0 Å². The number of aromatic nitrogens is 1. The van der Waals surface area contributed by atoms with E-state index < -0.39 is 0 Å². The van der Waals surface area contributed by atoms with Crippen LogP contribution in [0.4, 0.5) is 5.82 Å². The zero-order valence-electron chi connectivity index (χ0n) is 8.33. The molecular weight excluding hydrogens is 212 g/mol. The van der Waals surface area contributed by atoms with E-state index in [4.69, 9.17) is 22.7 Å². The number of anilines is 1. The zero-order chi connectivity index (χ0) is 10.8. The van der Waals surface area contributed by atoms with Gasteiger partial charge in [-0.25, -0.2) is 4.98 Å². The summed E-state index contributed by atoms with van der Waals surface area (Å²) in [5.74, 6) is 0.740. The van der Waals surface area contributed by atoms with Crippen LogP contribution in [0.2, 0.25) is 5.02 Å². The van der Waals surface area contributed by atoms with E-state index >= 15 is 0 Å². The lowest BCUT2D eigenvalue weighted by atomic mass is 10.2. The summed E-state index contributed by atoms with van der Waals surface area (Å²) in [6.07, 6.45) is 3.99. The Hall–Kier alpha value is -1.29. The summed E-state index contributed by atoms with van der Waals surface area (Å²) < 4.78 is 0. The fourth-order valence-corrected chi connectivity index (χ4v) is 2.12. The lowest BCUT2D eigenvalue weighted by Gasteiger charge is -2.18. The summed E-state index contributed by atoms with van der Waals surface area (Å²) in [5, 5.41) is 7.88. The molecule has 0 saturated carbocycles. The highest BCUT2D eigenvalue weighted by Gasteiger charge is 2.18. The van der Waals surface area contributed by atoms with Gasteiger partial charge in [0.05, 0.1) is 5.02 Å². The van der Waals surface area contributed by atoms with Crippen LogP contribution in [0, 0.1) is 5.41 Å². The molecule has 1 aliphatic rings. The van der Waals surface area contributed by atoms with Crippen molar-refractivity contribution in [3.05, 3.63) is 22.8 Å². The second kappa shape index (κ2) is 4.06. The van der Waals surface area contributed by atoms with Crippen LogP contribution in [0.1, 0.15) is 18.4 Å². The molecule has 0 spiro atoms. The first-order valence-electron chi connectivity index (χ1n) is 4.94. The number of nitrogens with one attached hydrogen (secondary N) is 1. The van der Waals surface area contributed by atoms with E-state index in [1.54, 1.807) is 12.3 Å². The molecule has 0 bridgehead atoms. The first-order valence-corrected chi connectivity index (χ1v) is 5.32. The Balaban J connectivity index is 2.39. The summed E-state index contributed by atoms with van der Waals surface area (Å²) >= 11 is 6.16. The van der Waals surface area contributed by atoms with Gasteiger partial charge in [-0.1, -0.05) is 11.6 Å². The predicted octanol–water partition coefficient (Wildman–Crippen LogP) is 1.62. The fourth-order valence-electron chi connectivity index (χ4n) is 1.79. The van der Waals surface area contributed by atoms with Crippen LogP contribution in [-0.4, -0.2) is 23.9 Å². The smallest absolute Gasteiger partial charge is 0.148 e. The number of hydrogen-bond donors (Lipinski definition) is 2. The van der Waals surface area contributed by atoms with Gasteiger partial charge in [-0.2, -0.15) is 0 Å². The van der Waals surface area contributed by atoms with Crippen LogP contribution in [0.3, 0.4) is 0 Å². The normalized spacial score (nSPS) is 15.7. The average Bonchev–Trinajstić information content (AvgIpc) is 2.70. The van der Waals surface area contributed by atoms with E-state index in [2.05, 4.69) is 9.88 Å². The Bertz CT molecular complexity index is 385. The van der Waals surface area contributed by atoms with Crippen LogP contribution in [0.15, 0.2) is 12.3 Å². The first kappa shape index (κ1) is 10.2. The minimum absolute atomic E-state index is 0.0113. The van der Waals surface area contributed by atoms with E-state index in [0.717, 1.165) is 18.9 Å². The van der Waals surface area contributed by atoms with Crippen molar-refractivity contribution in [1.82, 2.24) is 4.98 Å². The third-order valence-corrected chi connectivity index (χ3v) is 2.94. The molecule has 0 radical (unpaired) electrons. The fraction of sp³-hybridized carbons (Fsp3) is 0.400. The zero-order valence-corrected chi connectivity index (χ0v) is 9.09. The van der Waals surface area contributed by atoms with Gasteiger partial charge >= 0.3 is 0 Å². The third kappa shape index (κ3) is 1.90. The largest absolute Gasteiger partial charge is 0.384 e. The van der Waals surface area contributed by atoms with E-state index in [1.165, 1.54) is 12.8 Å². The molecule has 0 unspecified atom stereocenters. The molecular formula is C10H13ClN4. The van der Waals surface area contributed by atoms with E-state index in [9.17, 15) is 0 Å². The SMILES string of the molecule is N=C(N)c1ccnc(N2CCCC2)c1Cl. The Morgan fingerprint density at radius 3 is 2.73 bits per heavy atom. The molecule has 0 aromatic carbocycles. The Labute approximate surface area is 93.6 Å². The number of pyridine rings is 1. The molecule has 80 valence electrons. The van der Waals surface area contributed by atoms with Gasteiger partial charge in [-0.15, -0.1) is 0 Å². The van der Waals surface area contributed by atoms with Gasteiger partial charge in [0.1, 0.15) is 11.7 Å². The monoisotopic (exact) mass is 224 g/mol. The maximum atomic E-state index is 7.39. The van der Waals surface area contributed by atoms with E-state index in [0.29, 0.717) is 10.6 Å². The quantitative estimate of drug-likeness (QED) is 0.593. The number of nitrogens with zero attached hydrogens (tertiary/aromatic N) is 2. The van der Waals surface area contributed by atoms with Gasteiger partial charge < -0.3 is 10.6 Å². The molecule has 1 fully saturated rings. The maximum absolute atomic E-state index is 7.39. The molecule has 1 saturated heterocycles. The van der Waals surface area contributed by atoms with Crippen LogP contribution in [0.25, 0.3) is 0 Å². The standard InChI is InChI=1S/C10H13ClN4/c11-8-7(9(12)13)3-4-14-10(8)15-5-1-2-6-15/h3-4H,1-2,5-6H2,(H3,12,13). The molecule has 0 atom stereocenters. The molecule has 1 aromatic rings. The lowest BCUT2D eigenvalue weighted by Crippen LogP contribution is -2.21. The van der Waals surface area contributed by atoms with Crippen LogP contribution >= 0.6 is 11.6 Å². The topological polar surface area (TPSA) is 66.0 Å². The Morgan fingerprint density at radius 1 is 1.47 bits per heavy atom. The summed E-state index contributed by atoms with van der Waals surface area (Å²) in [5.41, 5.74) is 6.00. The average molecular weight is 225 g/mol. The van der Waals surface area contributed by atoms with Crippen molar-refractivity contribution in [3.8, 4) is 0 Å². The lowest BCUT2D eigenvalue weighted by molar-refractivity contribution is 0.937. The van der Waals surface area contributed by atoms with Crippen molar-refractivity contribution in [3.63, 3.8) is 0 Å². The van der Waals surface area contributed by atoms with Crippen molar-refractivity contribution in [2.75, 3.05) is 18.0 Å². The van der Waals surface area contributed by atoms with Gasteiger partial charge in [0, 0.05) is 24.8 Å². The summed E-state index contributed by atoms with van der Waals surface area (Å²) in [6, 6.07) is 1.67. The summed E-state index contributed by atoms with van der Waals surface area (Å²) in [4.78, 5) is 6.38. The highest BCUT2D eigenvalue weighted by molar-refractivity contribution is 6.36. The van der Waals surface area contributed by atoms with Crippen LogP contribution in [-0.2, 0) is 0 Å². The molecule has 2 heterocycles. The van der Waals surface area contributed by atoms with E-state index in [-0.39, 0.29) is 5.84 Å². The number of rotatable bonds is 2. The maximum Gasteiger partial charge on any atom is 0.148 e. The molecule has 1 aliphatic heterocycles. The number of nitrogen functional groups attached to an aromatic ring is 1. The molecule has 5 heteroatoms. The summed E-state index contributed by atoms with van der Waals surface area (Å²) in [7, 11) is 0. The van der Waals surface area contributed by atoms with Gasteiger partial charge in [-0.05, 0) is 18.9 Å². The van der Waals surface area contributed by atoms with Gasteiger partial charge in [0.2, 0.25) is 0 Å². The van der Waals surface area contributed by atoms with Crippen molar-refractivity contribution in [1.29, 1.82) is 5.41 Å². The molecule has 3 N–H and O–H groups in total. The van der Waals surface area contributed by atoms with Crippen LogP contribution in [0.5, 0.6) is 0 Å². The molecule has 0 aliphatic carbocycles. The third-order valence-electron chi connectivity index (χ3n) is 2.57. The van der Waals surface area contributed by atoms with Crippen LogP contribution < -0.4 is 10.6 Å². The van der Waals surface area contributed by atoms with Crippen molar-refractivity contribution >= 4 is 23.3 Å². The molecule has 15 heavy (non-hydrogen) atoms. The van der Waals surface area contributed by atoms with Crippen molar-refractivity contribution < 1.29 is 0 Å². The highest BCUT2D eigenvalue weighted by Crippen LogP contribution is 2.28. The molecule has 0 amide bonds. The number of hydrogen-bond acceptors (Lipinski definition) is 3. The van der Waals surface area contributed by atoms with Crippen molar-refractivity contribution in [2.24, 2.45) is 5.73 Å². The number of nitrogens with two attached hydrogens (primary N) is 1. The van der Waals surface area contributed by atoms with Gasteiger partial charge in [0.25, 0.3) is 0 Å². The number of halogens is 1. The second-order valence-corrected chi connectivity index (χ2v) is 3.98. The highest BCUT2D eigenvalue weighted by atomic mass is 35.5. The Kier molecular flexibility index (Phi) is 2.77. The van der Waals surface area contributed by atoms with Gasteiger partial charge in [-0.3, -0.25) is 5.41 Å². The Morgan fingerprint density at radius 2 is 2.13 bits per heavy atom.